The lowest BCUT2D eigenvalue weighted by molar-refractivity contribution is 0.438. The minimum absolute atomic E-state index is 0.150. The number of hydrogen-bond acceptors (Lipinski definition) is 3. The molecule has 4 aromatic rings. The highest BCUT2D eigenvalue weighted by atomic mass is 35.5. The number of halogens is 2. The van der Waals surface area contributed by atoms with Crippen molar-refractivity contribution in [2.45, 2.75) is 38.8 Å². The Balaban J connectivity index is 1.43. The van der Waals surface area contributed by atoms with E-state index in [9.17, 15) is 0 Å². The zero-order valence-corrected chi connectivity index (χ0v) is 24.3. The van der Waals surface area contributed by atoms with Crippen LogP contribution in [0.15, 0.2) is 79.1 Å². The first-order chi connectivity index (χ1) is 18.9. The molecule has 2 saturated heterocycles. The average molecular weight is 577 g/mol. The van der Waals surface area contributed by atoms with Gasteiger partial charge >= 0.3 is 0 Å². The molecular formula is C31H31Cl2N5S. The van der Waals surface area contributed by atoms with Crippen LogP contribution in [0.4, 0.5) is 11.4 Å². The van der Waals surface area contributed by atoms with E-state index in [2.05, 4.69) is 69.2 Å². The first-order valence-corrected chi connectivity index (χ1v) is 14.6. The van der Waals surface area contributed by atoms with Crippen molar-refractivity contribution < 1.29 is 0 Å². The van der Waals surface area contributed by atoms with E-state index in [0.29, 0.717) is 5.11 Å². The Morgan fingerprint density at radius 3 is 2.44 bits per heavy atom. The summed E-state index contributed by atoms with van der Waals surface area (Å²) in [6, 6.07) is 22.3. The third-order valence-corrected chi connectivity index (χ3v) is 8.98. The lowest BCUT2D eigenvalue weighted by atomic mass is 9.98. The standard InChI is InChI=1S/C31H31Cl2N5S/c1-20-12-16-36(17-13-20)27-11-9-23(19-25(27)33)38-30(29(35-31(38)39)26-6-3-4-14-34-26)28-7-5-15-37(28)22-8-10-24(32)21(2)18-22/h3-11,14-15,18-20,29-30H,12-13,16-17H2,1-2H3,(H,35,39). The van der Waals surface area contributed by atoms with Gasteiger partial charge in [0.2, 0.25) is 0 Å². The number of nitrogens with one attached hydrogen (secondary N) is 1. The summed E-state index contributed by atoms with van der Waals surface area (Å²) < 4.78 is 2.21. The van der Waals surface area contributed by atoms with Crippen molar-refractivity contribution in [3.63, 3.8) is 0 Å². The molecule has 39 heavy (non-hydrogen) atoms. The number of rotatable bonds is 5. The minimum atomic E-state index is -0.156. The van der Waals surface area contributed by atoms with Crippen LogP contribution in [-0.4, -0.2) is 27.8 Å². The molecular weight excluding hydrogens is 545 g/mol. The summed E-state index contributed by atoms with van der Waals surface area (Å²) in [6.07, 6.45) is 6.29. The third kappa shape index (κ3) is 5.02. The van der Waals surface area contributed by atoms with Crippen molar-refractivity contribution >= 4 is 51.9 Å². The van der Waals surface area contributed by atoms with Gasteiger partial charge < -0.3 is 19.7 Å². The Hall–Kier alpha value is -3.06. The lowest BCUT2D eigenvalue weighted by Gasteiger charge is -2.33. The topological polar surface area (TPSA) is 36.3 Å². The van der Waals surface area contributed by atoms with Gasteiger partial charge in [0.1, 0.15) is 6.04 Å². The van der Waals surface area contributed by atoms with Gasteiger partial charge in [-0.05, 0) is 104 Å². The van der Waals surface area contributed by atoms with E-state index in [1.807, 2.05) is 43.5 Å². The molecule has 2 aliphatic heterocycles. The van der Waals surface area contributed by atoms with Crippen molar-refractivity contribution in [3.05, 3.63) is 106 Å². The van der Waals surface area contributed by atoms with E-state index in [1.165, 1.54) is 12.8 Å². The number of benzene rings is 2. The van der Waals surface area contributed by atoms with Crippen molar-refractivity contribution in [2.24, 2.45) is 5.92 Å². The van der Waals surface area contributed by atoms with Crippen LogP contribution in [-0.2, 0) is 0 Å². The fourth-order valence-electron chi connectivity index (χ4n) is 5.73. The monoisotopic (exact) mass is 575 g/mol. The van der Waals surface area contributed by atoms with Crippen molar-refractivity contribution in [1.29, 1.82) is 0 Å². The highest BCUT2D eigenvalue weighted by Crippen LogP contribution is 2.44. The molecule has 0 bridgehead atoms. The van der Waals surface area contributed by atoms with Crippen LogP contribution in [0.25, 0.3) is 5.69 Å². The number of thiocarbonyl (C=S) groups is 1. The summed E-state index contributed by atoms with van der Waals surface area (Å²) in [5.74, 6) is 0.761. The van der Waals surface area contributed by atoms with E-state index in [-0.39, 0.29) is 12.1 Å². The molecule has 6 rings (SSSR count). The molecule has 0 saturated carbocycles. The van der Waals surface area contributed by atoms with Crippen LogP contribution in [0.1, 0.15) is 48.8 Å². The van der Waals surface area contributed by atoms with E-state index < -0.39 is 0 Å². The second-order valence-corrected chi connectivity index (χ2v) is 11.7. The van der Waals surface area contributed by atoms with E-state index in [4.69, 9.17) is 40.4 Å². The maximum absolute atomic E-state index is 6.95. The summed E-state index contributed by atoms with van der Waals surface area (Å²) in [4.78, 5) is 9.28. The Labute approximate surface area is 245 Å². The first-order valence-electron chi connectivity index (χ1n) is 13.4. The van der Waals surface area contributed by atoms with Gasteiger partial charge in [0, 0.05) is 47.6 Å². The maximum atomic E-state index is 6.95. The molecule has 2 atom stereocenters. The molecule has 2 aromatic heterocycles. The Kier molecular flexibility index (Phi) is 7.27. The van der Waals surface area contributed by atoms with Gasteiger partial charge in [-0.15, -0.1) is 0 Å². The smallest absolute Gasteiger partial charge is 0.174 e. The van der Waals surface area contributed by atoms with E-state index >= 15 is 0 Å². The van der Waals surface area contributed by atoms with Crippen LogP contribution in [0.3, 0.4) is 0 Å². The van der Waals surface area contributed by atoms with Crippen molar-refractivity contribution in [1.82, 2.24) is 14.9 Å². The molecule has 1 N–H and O–H groups in total. The molecule has 0 aliphatic carbocycles. The lowest BCUT2D eigenvalue weighted by Crippen LogP contribution is -2.33. The number of anilines is 2. The van der Waals surface area contributed by atoms with Gasteiger partial charge in [-0.2, -0.15) is 0 Å². The van der Waals surface area contributed by atoms with Crippen LogP contribution in [0.2, 0.25) is 10.0 Å². The molecule has 0 amide bonds. The number of aryl methyl sites for hydroxylation is 1. The molecule has 4 heterocycles. The Bertz CT molecular complexity index is 1500. The highest BCUT2D eigenvalue weighted by Gasteiger charge is 2.42. The molecule has 200 valence electrons. The molecule has 8 heteroatoms. The predicted molar refractivity (Wildman–Crippen MR) is 166 cm³/mol. The fraction of sp³-hybridized carbons (Fsp3) is 0.290. The summed E-state index contributed by atoms with van der Waals surface area (Å²) in [5, 5.41) is 5.71. The summed E-state index contributed by atoms with van der Waals surface area (Å²) in [6.45, 7) is 6.41. The van der Waals surface area contributed by atoms with Crippen LogP contribution < -0.4 is 15.1 Å². The zero-order chi connectivity index (χ0) is 27.1. The van der Waals surface area contributed by atoms with Crippen molar-refractivity contribution in [2.75, 3.05) is 22.9 Å². The third-order valence-electron chi connectivity index (χ3n) is 7.93. The quantitative estimate of drug-likeness (QED) is 0.245. The molecule has 2 aromatic carbocycles. The van der Waals surface area contributed by atoms with Gasteiger partial charge in [-0.25, -0.2) is 0 Å². The first kappa shape index (κ1) is 26.2. The average Bonchev–Trinajstić information content (AvgIpc) is 3.55. The van der Waals surface area contributed by atoms with Crippen LogP contribution in [0, 0.1) is 12.8 Å². The van der Waals surface area contributed by atoms with E-state index in [0.717, 1.165) is 63.1 Å². The predicted octanol–water partition coefficient (Wildman–Crippen LogP) is 7.90. The number of aromatic nitrogens is 2. The summed E-state index contributed by atoms with van der Waals surface area (Å²) in [7, 11) is 0. The second kappa shape index (κ2) is 10.8. The fourth-order valence-corrected chi connectivity index (χ4v) is 6.49. The normalized spacial score (nSPS) is 19.9. The van der Waals surface area contributed by atoms with Gasteiger partial charge in [0.15, 0.2) is 5.11 Å². The minimum Gasteiger partial charge on any atom is -0.370 e. The number of pyridine rings is 1. The Morgan fingerprint density at radius 2 is 1.72 bits per heavy atom. The molecule has 2 aliphatic rings. The SMILES string of the molecule is Cc1cc(-n2cccc2C2C(c3ccccn3)NC(=S)N2c2ccc(N3CCC(C)CC3)c(Cl)c2)ccc1Cl. The number of hydrogen-bond donors (Lipinski definition) is 1. The van der Waals surface area contributed by atoms with Crippen LogP contribution in [0.5, 0.6) is 0 Å². The van der Waals surface area contributed by atoms with Gasteiger partial charge in [0.25, 0.3) is 0 Å². The van der Waals surface area contributed by atoms with Gasteiger partial charge in [-0.1, -0.05) is 36.2 Å². The largest absolute Gasteiger partial charge is 0.370 e. The Morgan fingerprint density at radius 1 is 0.923 bits per heavy atom. The maximum Gasteiger partial charge on any atom is 0.174 e. The molecule has 0 spiro atoms. The van der Waals surface area contributed by atoms with Gasteiger partial charge in [0.05, 0.1) is 22.4 Å². The van der Waals surface area contributed by atoms with Gasteiger partial charge in [-0.3, -0.25) is 4.98 Å². The molecule has 0 radical (unpaired) electrons. The molecule has 2 fully saturated rings. The zero-order valence-electron chi connectivity index (χ0n) is 22.0. The summed E-state index contributed by atoms with van der Waals surface area (Å²) >= 11 is 19.3. The van der Waals surface area contributed by atoms with E-state index in [1.54, 1.807) is 0 Å². The number of piperidine rings is 1. The molecule has 5 nitrogen and oxygen atoms in total. The highest BCUT2D eigenvalue weighted by molar-refractivity contribution is 7.80. The summed E-state index contributed by atoms with van der Waals surface area (Å²) in [5.41, 5.74) is 6.13. The van der Waals surface area contributed by atoms with Crippen LogP contribution >= 0.6 is 35.4 Å². The number of nitrogens with zero attached hydrogens (tertiary/aromatic N) is 4. The second-order valence-electron chi connectivity index (χ2n) is 10.5. The molecule has 2 unspecified atom stereocenters. The van der Waals surface area contributed by atoms with Crippen molar-refractivity contribution in [3.8, 4) is 5.69 Å².